The topological polar surface area (TPSA) is 9.23 Å². The number of unbranched alkanes of at least 4 members (excludes halogenated alkanes) is 7. The molecular formula is C25H45F3O. The van der Waals surface area contributed by atoms with E-state index in [-0.39, 0.29) is 0 Å². The van der Waals surface area contributed by atoms with Gasteiger partial charge in [0.2, 0.25) is 0 Å². The van der Waals surface area contributed by atoms with E-state index in [1.807, 2.05) is 0 Å². The van der Waals surface area contributed by atoms with Crippen LogP contribution in [0.3, 0.4) is 0 Å². The Bertz CT molecular complexity index is 393. The molecule has 0 unspecified atom stereocenters. The summed E-state index contributed by atoms with van der Waals surface area (Å²) in [7, 11) is 0. The highest BCUT2D eigenvalue weighted by Gasteiger charge is 2.33. The van der Waals surface area contributed by atoms with E-state index in [2.05, 4.69) is 6.92 Å². The van der Waals surface area contributed by atoms with Crippen molar-refractivity contribution in [3.05, 3.63) is 0 Å². The molecule has 1 nitrogen and oxygen atoms in total. The molecule has 0 N–H and O–H groups in total. The number of hydrogen-bond acceptors (Lipinski definition) is 1. The van der Waals surface area contributed by atoms with Crippen molar-refractivity contribution in [1.82, 2.24) is 0 Å². The average molecular weight is 419 g/mol. The van der Waals surface area contributed by atoms with Crippen LogP contribution in [0, 0.1) is 17.8 Å². The van der Waals surface area contributed by atoms with Gasteiger partial charge < -0.3 is 4.74 Å². The minimum absolute atomic E-state index is 0.305. The molecule has 0 aromatic carbocycles. The lowest BCUT2D eigenvalue weighted by molar-refractivity contribution is -0.138. The van der Waals surface area contributed by atoms with Crippen LogP contribution in [0.25, 0.3) is 0 Å². The van der Waals surface area contributed by atoms with E-state index in [1.54, 1.807) is 0 Å². The molecule has 0 amide bonds. The Morgan fingerprint density at radius 2 is 1.21 bits per heavy atom. The summed E-state index contributed by atoms with van der Waals surface area (Å²) in [5.41, 5.74) is 0. The summed E-state index contributed by atoms with van der Waals surface area (Å²) in [6.07, 6.45) is 16.2. The largest absolute Gasteiger partial charge is 0.389 e. The molecule has 0 aromatic rings. The van der Waals surface area contributed by atoms with Gasteiger partial charge in [-0.3, -0.25) is 0 Å². The van der Waals surface area contributed by atoms with Gasteiger partial charge >= 0.3 is 6.18 Å². The van der Waals surface area contributed by atoms with E-state index in [1.165, 1.54) is 77.0 Å². The molecule has 2 saturated carbocycles. The van der Waals surface area contributed by atoms with Crippen LogP contribution in [0.4, 0.5) is 13.2 Å². The number of hydrogen-bond donors (Lipinski definition) is 0. The van der Waals surface area contributed by atoms with Crippen LogP contribution in [-0.2, 0) is 4.74 Å². The smallest absolute Gasteiger partial charge is 0.378 e. The Morgan fingerprint density at radius 3 is 1.76 bits per heavy atom. The Hall–Kier alpha value is -0.250. The van der Waals surface area contributed by atoms with Gasteiger partial charge in [0.1, 0.15) is 0 Å². The van der Waals surface area contributed by atoms with Crippen molar-refractivity contribution >= 4 is 0 Å². The van der Waals surface area contributed by atoms with Crippen molar-refractivity contribution in [3.8, 4) is 0 Å². The van der Waals surface area contributed by atoms with E-state index >= 15 is 0 Å². The van der Waals surface area contributed by atoms with Gasteiger partial charge in [0.25, 0.3) is 0 Å². The standard InChI is InChI=1S/C25H45F3O/c1-2-3-4-5-6-7-8-9-20-29-24-16-14-23(15-17-24)22-12-10-21(11-13-22)18-19-25(26,27)28/h21-24H,2-20H2,1H3. The second-order valence-corrected chi connectivity index (χ2v) is 9.82. The van der Waals surface area contributed by atoms with Crippen molar-refractivity contribution in [2.24, 2.45) is 17.8 Å². The fourth-order valence-corrected chi connectivity index (χ4v) is 5.53. The fourth-order valence-electron chi connectivity index (χ4n) is 5.53. The molecule has 2 rings (SSSR count). The maximum Gasteiger partial charge on any atom is 0.389 e. The molecule has 0 radical (unpaired) electrons. The van der Waals surface area contributed by atoms with Crippen LogP contribution >= 0.6 is 0 Å². The predicted octanol–water partition coefficient (Wildman–Crippen LogP) is 8.85. The maximum absolute atomic E-state index is 12.4. The van der Waals surface area contributed by atoms with Crippen LogP contribution < -0.4 is 0 Å². The zero-order valence-electron chi connectivity index (χ0n) is 18.8. The molecule has 0 atom stereocenters. The van der Waals surface area contributed by atoms with Gasteiger partial charge in [-0.15, -0.1) is 0 Å². The second-order valence-electron chi connectivity index (χ2n) is 9.82. The summed E-state index contributed by atoms with van der Waals surface area (Å²) in [5.74, 6) is 1.85. The average Bonchev–Trinajstić information content (AvgIpc) is 2.71. The molecule has 0 bridgehead atoms. The number of alkyl halides is 3. The molecular weight excluding hydrogens is 373 g/mol. The van der Waals surface area contributed by atoms with Gasteiger partial charge in [-0.05, 0) is 69.1 Å². The first-order valence-electron chi connectivity index (χ1n) is 12.7. The summed E-state index contributed by atoms with van der Waals surface area (Å²) >= 11 is 0. The predicted molar refractivity (Wildman–Crippen MR) is 115 cm³/mol. The van der Waals surface area contributed by atoms with Crippen molar-refractivity contribution in [2.45, 2.75) is 135 Å². The van der Waals surface area contributed by atoms with E-state index in [4.69, 9.17) is 4.74 Å². The number of rotatable bonds is 13. The Kier molecular flexibility index (Phi) is 12.0. The summed E-state index contributed by atoms with van der Waals surface area (Å²) in [4.78, 5) is 0. The highest BCUT2D eigenvalue weighted by Crippen LogP contribution is 2.42. The van der Waals surface area contributed by atoms with Gasteiger partial charge in [-0.25, -0.2) is 0 Å². The molecule has 172 valence electrons. The van der Waals surface area contributed by atoms with Gasteiger partial charge in [0.15, 0.2) is 0 Å². The van der Waals surface area contributed by atoms with Crippen LogP contribution in [0.15, 0.2) is 0 Å². The van der Waals surface area contributed by atoms with E-state index < -0.39 is 12.6 Å². The third-order valence-corrected chi connectivity index (χ3v) is 7.46. The fraction of sp³-hybridized carbons (Fsp3) is 1.00. The van der Waals surface area contributed by atoms with Crippen LogP contribution in [0.2, 0.25) is 0 Å². The summed E-state index contributed by atoms with van der Waals surface area (Å²) in [6.45, 7) is 3.19. The third kappa shape index (κ3) is 11.1. The number of halogens is 3. The lowest BCUT2D eigenvalue weighted by Crippen LogP contribution is -2.29. The summed E-state index contributed by atoms with van der Waals surface area (Å²) < 4.78 is 43.4. The van der Waals surface area contributed by atoms with Crippen LogP contribution in [0.5, 0.6) is 0 Å². The zero-order valence-corrected chi connectivity index (χ0v) is 18.8. The molecule has 0 heterocycles. The molecule has 4 heteroatoms. The normalized spacial score (nSPS) is 28.6. The van der Waals surface area contributed by atoms with Gasteiger partial charge in [-0.2, -0.15) is 13.2 Å². The van der Waals surface area contributed by atoms with Gasteiger partial charge in [0, 0.05) is 13.0 Å². The molecule has 0 aliphatic heterocycles. The van der Waals surface area contributed by atoms with E-state index in [0.29, 0.717) is 18.4 Å². The first kappa shape index (κ1) is 25.0. The molecule has 0 aromatic heterocycles. The molecule has 2 fully saturated rings. The van der Waals surface area contributed by atoms with Crippen molar-refractivity contribution in [2.75, 3.05) is 6.61 Å². The summed E-state index contributed by atoms with van der Waals surface area (Å²) in [6, 6.07) is 0. The van der Waals surface area contributed by atoms with Gasteiger partial charge in [0.05, 0.1) is 6.10 Å². The second kappa shape index (κ2) is 13.9. The highest BCUT2D eigenvalue weighted by molar-refractivity contribution is 4.82. The lowest BCUT2D eigenvalue weighted by Gasteiger charge is -2.38. The van der Waals surface area contributed by atoms with Crippen molar-refractivity contribution in [1.29, 1.82) is 0 Å². The van der Waals surface area contributed by atoms with Gasteiger partial charge in [-0.1, -0.05) is 64.7 Å². The monoisotopic (exact) mass is 418 g/mol. The maximum atomic E-state index is 12.4. The quantitative estimate of drug-likeness (QED) is 0.271. The van der Waals surface area contributed by atoms with Crippen LogP contribution in [-0.4, -0.2) is 18.9 Å². The molecule has 2 aliphatic carbocycles. The Morgan fingerprint density at radius 1 is 0.690 bits per heavy atom. The first-order valence-corrected chi connectivity index (χ1v) is 12.7. The minimum atomic E-state index is -3.98. The zero-order chi connectivity index (χ0) is 21.0. The summed E-state index contributed by atoms with van der Waals surface area (Å²) in [5, 5.41) is 0. The highest BCUT2D eigenvalue weighted by atomic mass is 19.4. The van der Waals surface area contributed by atoms with Crippen molar-refractivity contribution < 1.29 is 17.9 Å². The van der Waals surface area contributed by atoms with E-state index in [0.717, 1.165) is 44.1 Å². The van der Waals surface area contributed by atoms with Crippen LogP contribution in [0.1, 0.15) is 122 Å². The molecule has 0 spiro atoms. The SMILES string of the molecule is CCCCCCCCCCOC1CCC(C2CCC(CCC(F)(F)F)CC2)CC1. The van der Waals surface area contributed by atoms with E-state index in [9.17, 15) is 13.2 Å². The lowest BCUT2D eigenvalue weighted by atomic mass is 9.70. The Labute approximate surface area is 177 Å². The first-order chi connectivity index (χ1) is 14.0. The Balaban J connectivity index is 1.46. The molecule has 2 aliphatic rings. The number of ether oxygens (including phenoxy) is 1. The van der Waals surface area contributed by atoms with Crippen molar-refractivity contribution in [3.63, 3.8) is 0 Å². The minimum Gasteiger partial charge on any atom is -0.378 e. The third-order valence-electron chi connectivity index (χ3n) is 7.46. The molecule has 0 saturated heterocycles. The molecule has 29 heavy (non-hydrogen) atoms.